The molecular weight excluding hydrogens is 353 g/mol. The van der Waals surface area contributed by atoms with Crippen LogP contribution in [-0.4, -0.2) is 35.4 Å². The van der Waals surface area contributed by atoms with Crippen LogP contribution in [-0.2, 0) is 11.0 Å². The molecule has 1 fully saturated rings. The van der Waals surface area contributed by atoms with Crippen LogP contribution >= 0.6 is 0 Å². The maximum Gasteiger partial charge on any atom is 0.471 e. The molecule has 7 nitrogen and oxygen atoms in total. The Bertz CT molecular complexity index is 783. The Kier molecular flexibility index (Phi) is 5.19. The van der Waals surface area contributed by atoms with Crippen LogP contribution in [0, 0.1) is 5.92 Å². The van der Waals surface area contributed by atoms with Gasteiger partial charge in [0.2, 0.25) is 5.82 Å². The Balaban J connectivity index is 1.51. The number of carbonyl (C=O) groups is 1. The first-order chi connectivity index (χ1) is 12.4. The number of nitrogens with one attached hydrogen (secondary N) is 1. The zero-order chi connectivity index (χ0) is 18.6. The van der Waals surface area contributed by atoms with Gasteiger partial charge >= 0.3 is 12.1 Å². The summed E-state index contributed by atoms with van der Waals surface area (Å²) in [6.45, 7) is 0.795. The summed E-state index contributed by atoms with van der Waals surface area (Å²) in [5, 5.41) is 9.64. The maximum absolute atomic E-state index is 12.5. The Hall–Kier alpha value is -2.91. The summed E-state index contributed by atoms with van der Waals surface area (Å²) in [6.07, 6.45) is -0.908. The monoisotopic (exact) mass is 368 g/mol. The Labute approximate surface area is 146 Å². The minimum Gasteiger partial charge on any atom is -0.396 e. The number of halogens is 3. The number of hydrogen-bond donors (Lipinski definition) is 1. The van der Waals surface area contributed by atoms with Crippen LogP contribution in [0.4, 0.5) is 13.2 Å². The number of nitrogens with zero attached hydrogens (tertiary/aromatic N) is 3. The van der Waals surface area contributed by atoms with E-state index in [4.69, 9.17) is 4.84 Å². The SMILES string of the molecule is O=C(NC/C=N\OCC1CC1)c1ccc(-c2noc(C(F)(F)F)n2)cc1. The first kappa shape index (κ1) is 17.9. The summed E-state index contributed by atoms with van der Waals surface area (Å²) >= 11 is 0. The molecule has 1 aromatic heterocycles. The van der Waals surface area contributed by atoms with Crippen molar-refractivity contribution in [3.63, 3.8) is 0 Å². The van der Waals surface area contributed by atoms with Gasteiger partial charge in [-0.3, -0.25) is 4.79 Å². The molecule has 1 heterocycles. The average Bonchev–Trinajstić information content (AvgIpc) is 3.29. The van der Waals surface area contributed by atoms with Crippen LogP contribution < -0.4 is 5.32 Å². The Morgan fingerprint density at radius 3 is 2.69 bits per heavy atom. The van der Waals surface area contributed by atoms with Crippen LogP contribution in [0.3, 0.4) is 0 Å². The highest BCUT2D eigenvalue weighted by atomic mass is 19.4. The van der Waals surface area contributed by atoms with E-state index in [0.717, 1.165) is 0 Å². The van der Waals surface area contributed by atoms with E-state index in [1.165, 1.54) is 43.3 Å². The molecule has 0 radical (unpaired) electrons. The predicted molar refractivity (Wildman–Crippen MR) is 84.2 cm³/mol. The molecule has 0 atom stereocenters. The normalized spacial score (nSPS) is 14.6. The number of rotatable bonds is 7. The number of amides is 1. The number of benzene rings is 1. The molecule has 3 rings (SSSR count). The summed E-state index contributed by atoms with van der Waals surface area (Å²) in [6, 6.07) is 5.78. The zero-order valence-electron chi connectivity index (χ0n) is 13.5. The van der Waals surface area contributed by atoms with Crippen molar-refractivity contribution in [2.24, 2.45) is 11.1 Å². The van der Waals surface area contributed by atoms with Crippen LogP contribution in [0.15, 0.2) is 33.9 Å². The summed E-state index contributed by atoms with van der Waals surface area (Å²) < 4.78 is 41.5. The molecule has 1 saturated carbocycles. The minimum atomic E-state index is -4.70. The molecule has 0 aliphatic heterocycles. The smallest absolute Gasteiger partial charge is 0.396 e. The van der Waals surface area contributed by atoms with Gasteiger partial charge in [-0.15, -0.1) is 0 Å². The fourth-order valence-electron chi connectivity index (χ4n) is 1.99. The molecule has 1 aliphatic carbocycles. The van der Waals surface area contributed by atoms with E-state index in [1.807, 2.05) is 0 Å². The van der Waals surface area contributed by atoms with Crippen molar-refractivity contribution in [3.8, 4) is 11.4 Å². The Morgan fingerprint density at radius 1 is 1.35 bits per heavy atom. The fourth-order valence-corrected chi connectivity index (χ4v) is 1.99. The lowest BCUT2D eigenvalue weighted by Crippen LogP contribution is -2.25. The van der Waals surface area contributed by atoms with Crippen molar-refractivity contribution >= 4 is 12.1 Å². The minimum absolute atomic E-state index is 0.199. The van der Waals surface area contributed by atoms with Crippen molar-refractivity contribution in [1.82, 2.24) is 15.5 Å². The maximum atomic E-state index is 12.5. The molecule has 1 N–H and O–H groups in total. The highest BCUT2D eigenvalue weighted by Gasteiger charge is 2.38. The Morgan fingerprint density at radius 2 is 2.08 bits per heavy atom. The van der Waals surface area contributed by atoms with Crippen LogP contribution in [0.1, 0.15) is 29.1 Å². The summed E-state index contributed by atoms with van der Waals surface area (Å²) in [4.78, 5) is 20.3. The molecule has 0 unspecified atom stereocenters. The molecule has 0 bridgehead atoms. The second-order valence-electron chi connectivity index (χ2n) is 5.74. The molecule has 1 aliphatic rings. The van der Waals surface area contributed by atoms with Crippen molar-refractivity contribution in [2.75, 3.05) is 13.2 Å². The van der Waals surface area contributed by atoms with E-state index < -0.39 is 12.1 Å². The summed E-state index contributed by atoms with van der Waals surface area (Å²) in [5.74, 6) is -1.37. The van der Waals surface area contributed by atoms with Gasteiger partial charge in [0.1, 0.15) is 6.61 Å². The zero-order valence-corrected chi connectivity index (χ0v) is 13.5. The van der Waals surface area contributed by atoms with Crippen molar-refractivity contribution in [2.45, 2.75) is 19.0 Å². The molecule has 0 spiro atoms. The van der Waals surface area contributed by atoms with Gasteiger partial charge in [0.15, 0.2) is 0 Å². The number of carbonyl (C=O) groups excluding carboxylic acids is 1. The average molecular weight is 368 g/mol. The van der Waals surface area contributed by atoms with Crippen LogP contribution in [0.2, 0.25) is 0 Å². The molecule has 0 saturated heterocycles. The third kappa shape index (κ3) is 4.80. The van der Waals surface area contributed by atoms with E-state index in [-0.39, 0.29) is 18.3 Å². The number of alkyl halides is 3. The molecular formula is C16H15F3N4O3. The predicted octanol–water partition coefficient (Wildman–Crippen LogP) is 2.90. The van der Waals surface area contributed by atoms with E-state index in [0.29, 0.717) is 23.7 Å². The highest BCUT2D eigenvalue weighted by Crippen LogP contribution is 2.29. The van der Waals surface area contributed by atoms with Gasteiger partial charge in [0.05, 0.1) is 12.8 Å². The molecule has 138 valence electrons. The third-order valence-corrected chi connectivity index (χ3v) is 3.58. The van der Waals surface area contributed by atoms with Gasteiger partial charge in [0.25, 0.3) is 5.91 Å². The highest BCUT2D eigenvalue weighted by molar-refractivity contribution is 5.95. The topological polar surface area (TPSA) is 89.6 Å². The number of hydrogen-bond acceptors (Lipinski definition) is 6. The number of oxime groups is 1. The molecule has 2 aromatic rings. The first-order valence-corrected chi connectivity index (χ1v) is 7.87. The quantitative estimate of drug-likeness (QED) is 0.600. The molecule has 26 heavy (non-hydrogen) atoms. The molecule has 1 aromatic carbocycles. The van der Waals surface area contributed by atoms with Crippen molar-refractivity contribution < 1.29 is 27.3 Å². The van der Waals surface area contributed by atoms with Gasteiger partial charge in [-0.2, -0.15) is 18.2 Å². The largest absolute Gasteiger partial charge is 0.471 e. The van der Waals surface area contributed by atoms with Crippen molar-refractivity contribution in [3.05, 3.63) is 35.7 Å². The first-order valence-electron chi connectivity index (χ1n) is 7.87. The molecule has 1 amide bonds. The van der Waals surface area contributed by atoms with E-state index in [1.54, 1.807) is 0 Å². The van der Waals surface area contributed by atoms with Crippen LogP contribution in [0.25, 0.3) is 11.4 Å². The van der Waals surface area contributed by atoms with Gasteiger partial charge < -0.3 is 14.7 Å². The van der Waals surface area contributed by atoms with Gasteiger partial charge in [0, 0.05) is 11.1 Å². The fraction of sp³-hybridized carbons (Fsp3) is 0.375. The van der Waals surface area contributed by atoms with Crippen molar-refractivity contribution in [1.29, 1.82) is 0 Å². The number of aromatic nitrogens is 2. The summed E-state index contributed by atoms with van der Waals surface area (Å²) in [7, 11) is 0. The lowest BCUT2D eigenvalue weighted by molar-refractivity contribution is -0.159. The summed E-state index contributed by atoms with van der Waals surface area (Å²) in [5.41, 5.74) is 0.636. The third-order valence-electron chi connectivity index (χ3n) is 3.58. The van der Waals surface area contributed by atoms with Gasteiger partial charge in [-0.25, -0.2) is 0 Å². The lowest BCUT2D eigenvalue weighted by Gasteiger charge is -2.03. The lowest BCUT2D eigenvalue weighted by atomic mass is 10.1. The van der Waals surface area contributed by atoms with E-state index in [9.17, 15) is 18.0 Å². The van der Waals surface area contributed by atoms with Gasteiger partial charge in [-0.1, -0.05) is 22.4 Å². The van der Waals surface area contributed by atoms with Gasteiger partial charge in [-0.05, 0) is 30.9 Å². The van der Waals surface area contributed by atoms with E-state index >= 15 is 0 Å². The molecule has 10 heteroatoms. The van der Waals surface area contributed by atoms with Crippen LogP contribution in [0.5, 0.6) is 0 Å². The second-order valence-corrected chi connectivity index (χ2v) is 5.74. The standard InChI is InChI=1S/C16H15F3N4O3/c17-16(18,19)15-22-13(23-26-15)11-3-5-12(6-4-11)14(24)20-7-8-21-25-9-10-1-2-10/h3-6,8,10H,1-2,7,9H2,(H,20,24)/b21-8-. The second kappa shape index (κ2) is 7.54. The van der Waals surface area contributed by atoms with E-state index in [2.05, 4.69) is 25.1 Å².